The first kappa shape index (κ1) is 17.2. The Balaban J connectivity index is 1.42. The summed E-state index contributed by atoms with van der Waals surface area (Å²) < 4.78 is 1.78. The minimum absolute atomic E-state index is 0.307. The van der Waals surface area contributed by atoms with Crippen LogP contribution in [0.15, 0.2) is 30.7 Å². The number of H-pyrrole nitrogens is 1. The third kappa shape index (κ3) is 2.57. The van der Waals surface area contributed by atoms with Crippen molar-refractivity contribution < 1.29 is 0 Å². The lowest BCUT2D eigenvalue weighted by molar-refractivity contribution is 0.412. The van der Waals surface area contributed by atoms with E-state index in [-0.39, 0.29) is 0 Å². The number of fused-ring (bicyclic) bond motifs is 4. The molecule has 3 aromatic heterocycles. The van der Waals surface area contributed by atoms with Crippen LogP contribution in [0.5, 0.6) is 0 Å². The van der Waals surface area contributed by atoms with E-state index in [1.165, 1.54) is 12.8 Å². The Bertz CT molecular complexity index is 1230. The summed E-state index contributed by atoms with van der Waals surface area (Å²) in [6, 6.07) is 5.26. The van der Waals surface area contributed by atoms with Gasteiger partial charge in [-0.25, -0.2) is 9.97 Å². The predicted octanol–water partition coefficient (Wildman–Crippen LogP) is 3.62. The Kier molecular flexibility index (Phi) is 3.67. The zero-order valence-corrected chi connectivity index (χ0v) is 16.9. The van der Waals surface area contributed by atoms with E-state index < -0.39 is 0 Å². The van der Waals surface area contributed by atoms with Crippen LogP contribution in [0.4, 0.5) is 5.82 Å². The second-order valence-electron chi connectivity index (χ2n) is 8.31. The van der Waals surface area contributed by atoms with Crippen LogP contribution in [-0.4, -0.2) is 42.9 Å². The topological polar surface area (TPSA) is 88.7 Å². The van der Waals surface area contributed by atoms with Gasteiger partial charge in [0.2, 0.25) is 0 Å². The molecule has 1 aromatic carbocycles. The van der Waals surface area contributed by atoms with Gasteiger partial charge in [0.1, 0.15) is 11.3 Å². The largest absolute Gasteiger partial charge is 0.349 e. The number of rotatable bonds is 2. The number of piperidine rings is 1. The molecule has 0 amide bonds. The number of anilines is 1. The van der Waals surface area contributed by atoms with Gasteiger partial charge in [0.05, 0.1) is 16.7 Å². The highest BCUT2D eigenvalue weighted by atomic mass is 35.5. The van der Waals surface area contributed by atoms with Crippen molar-refractivity contribution in [3.05, 3.63) is 35.7 Å². The summed E-state index contributed by atoms with van der Waals surface area (Å²) in [7, 11) is 1.90. The van der Waals surface area contributed by atoms with Crippen molar-refractivity contribution in [1.29, 1.82) is 0 Å². The molecule has 0 saturated carbocycles. The highest BCUT2D eigenvalue weighted by molar-refractivity contribution is 6.38. The summed E-state index contributed by atoms with van der Waals surface area (Å²) in [5.74, 6) is 0.944. The van der Waals surface area contributed by atoms with E-state index >= 15 is 0 Å². The highest BCUT2D eigenvalue weighted by Crippen LogP contribution is 2.40. The quantitative estimate of drug-likeness (QED) is 0.529. The number of benzene rings is 1. The average Bonchev–Trinajstić information content (AvgIpc) is 3.36. The van der Waals surface area contributed by atoms with Gasteiger partial charge >= 0.3 is 0 Å². The van der Waals surface area contributed by atoms with Crippen molar-refractivity contribution in [2.75, 3.05) is 4.90 Å². The fourth-order valence-corrected chi connectivity index (χ4v) is 5.51. The molecule has 3 atom stereocenters. The van der Waals surface area contributed by atoms with Crippen LogP contribution >= 0.6 is 11.6 Å². The van der Waals surface area contributed by atoms with Gasteiger partial charge in [-0.2, -0.15) is 5.10 Å². The van der Waals surface area contributed by atoms with E-state index in [2.05, 4.69) is 15.0 Å². The molecule has 4 aromatic rings. The first-order valence-corrected chi connectivity index (χ1v) is 10.5. The van der Waals surface area contributed by atoms with Gasteiger partial charge in [-0.15, -0.1) is 0 Å². The summed E-state index contributed by atoms with van der Waals surface area (Å²) >= 11 is 6.72. The highest BCUT2D eigenvalue weighted by Gasteiger charge is 2.40. The summed E-state index contributed by atoms with van der Waals surface area (Å²) in [6.07, 6.45) is 10.2. The SMILES string of the molecule is Cn1cc2c(Cl)c(-c3c[nH]c4nc(N5[C@@H]6CC[C@H]5C[C@H](N)C6)cnc34)ccc2n1. The van der Waals surface area contributed by atoms with Gasteiger partial charge in [0.15, 0.2) is 5.65 Å². The minimum Gasteiger partial charge on any atom is -0.349 e. The number of halogens is 1. The third-order valence-corrected chi connectivity index (χ3v) is 6.84. The summed E-state index contributed by atoms with van der Waals surface area (Å²) in [5.41, 5.74) is 10.6. The van der Waals surface area contributed by atoms with Crippen molar-refractivity contribution in [3.63, 3.8) is 0 Å². The number of aromatic amines is 1. The minimum atomic E-state index is 0.307. The molecule has 2 saturated heterocycles. The Hall–Kier alpha value is -2.64. The van der Waals surface area contributed by atoms with E-state index in [1.807, 2.05) is 37.8 Å². The molecule has 6 rings (SSSR count). The van der Waals surface area contributed by atoms with Gasteiger partial charge < -0.3 is 15.6 Å². The maximum Gasteiger partial charge on any atom is 0.159 e. The van der Waals surface area contributed by atoms with Crippen LogP contribution in [0, 0.1) is 0 Å². The summed E-state index contributed by atoms with van der Waals surface area (Å²) in [6.45, 7) is 0. The first-order chi connectivity index (χ1) is 14.1. The maximum atomic E-state index is 6.72. The van der Waals surface area contributed by atoms with Crippen LogP contribution in [0.2, 0.25) is 5.02 Å². The van der Waals surface area contributed by atoms with Crippen LogP contribution in [0.25, 0.3) is 33.2 Å². The zero-order valence-electron chi connectivity index (χ0n) is 16.1. The molecular formula is C21H22ClN7. The number of hydrogen-bond acceptors (Lipinski definition) is 5. The fourth-order valence-electron chi connectivity index (χ4n) is 5.20. The molecule has 2 aliphatic heterocycles. The van der Waals surface area contributed by atoms with E-state index in [4.69, 9.17) is 27.3 Å². The Labute approximate surface area is 172 Å². The molecule has 0 spiro atoms. The summed E-state index contributed by atoms with van der Waals surface area (Å²) in [5, 5.41) is 6.05. The Morgan fingerprint density at radius 1 is 1.17 bits per heavy atom. The van der Waals surface area contributed by atoms with Crippen LogP contribution in [0.3, 0.4) is 0 Å². The molecule has 0 radical (unpaired) electrons. The Morgan fingerprint density at radius 2 is 1.97 bits per heavy atom. The fraction of sp³-hybridized carbons (Fsp3) is 0.381. The molecule has 2 fully saturated rings. The van der Waals surface area contributed by atoms with Crippen molar-refractivity contribution in [2.24, 2.45) is 12.8 Å². The molecule has 148 valence electrons. The number of aromatic nitrogens is 5. The van der Waals surface area contributed by atoms with Crippen molar-refractivity contribution >= 4 is 39.5 Å². The van der Waals surface area contributed by atoms with Crippen LogP contribution < -0.4 is 10.6 Å². The van der Waals surface area contributed by atoms with E-state index in [9.17, 15) is 0 Å². The van der Waals surface area contributed by atoms with Gasteiger partial charge in [0, 0.05) is 54.1 Å². The lowest BCUT2D eigenvalue weighted by Gasteiger charge is -2.38. The second kappa shape index (κ2) is 6.18. The van der Waals surface area contributed by atoms with Crippen molar-refractivity contribution in [3.8, 4) is 11.1 Å². The maximum absolute atomic E-state index is 6.72. The molecule has 7 nitrogen and oxygen atoms in total. The smallest absolute Gasteiger partial charge is 0.159 e. The lowest BCUT2D eigenvalue weighted by atomic mass is 9.98. The molecule has 3 N–H and O–H groups in total. The molecule has 0 unspecified atom stereocenters. The number of nitrogens with one attached hydrogen (secondary N) is 1. The number of hydrogen-bond donors (Lipinski definition) is 2. The van der Waals surface area contributed by atoms with Gasteiger partial charge in [-0.1, -0.05) is 17.7 Å². The normalized spacial score (nSPS) is 24.1. The molecule has 8 heteroatoms. The van der Waals surface area contributed by atoms with E-state index in [1.54, 1.807) is 4.68 Å². The van der Waals surface area contributed by atoms with Gasteiger partial charge in [0.25, 0.3) is 0 Å². The Morgan fingerprint density at radius 3 is 2.76 bits per heavy atom. The third-order valence-electron chi connectivity index (χ3n) is 6.43. The predicted molar refractivity (Wildman–Crippen MR) is 115 cm³/mol. The average molecular weight is 408 g/mol. The number of aryl methyl sites for hydroxylation is 1. The first-order valence-electron chi connectivity index (χ1n) is 10.1. The molecule has 29 heavy (non-hydrogen) atoms. The molecule has 2 bridgehead atoms. The van der Waals surface area contributed by atoms with Gasteiger partial charge in [-0.05, 0) is 31.7 Å². The standard InChI is InChI=1S/C21H22ClN7/c1-28-10-16-17(27-28)5-4-14(19(16)22)15-8-25-21-20(15)24-9-18(26-21)29-12-2-3-13(29)7-11(23)6-12/h4-5,8-13H,2-3,6-7,23H2,1H3,(H,25,26)/t11-,12-,13+. The second-order valence-corrected chi connectivity index (χ2v) is 8.69. The van der Waals surface area contributed by atoms with E-state index in [0.29, 0.717) is 23.1 Å². The van der Waals surface area contributed by atoms with Crippen LogP contribution in [0.1, 0.15) is 25.7 Å². The van der Waals surface area contributed by atoms with Crippen molar-refractivity contribution in [1.82, 2.24) is 24.7 Å². The lowest BCUT2D eigenvalue weighted by Crippen LogP contribution is -2.47. The van der Waals surface area contributed by atoms with E-state index in [0.717, 1.165) is 51.9 Å². The number of nitrogens with two attached hydrogens (primary N) is 1. The summed E-state index contributed by atoms with van der Waals surface area (Å²) in [4.78, 5) is 15.4. The van der Waals surface area contributed by atoms with Crippen LogP contribution in [-0.2, 0) is 7.05 Å². The van der Waals surface area contributed by atoms with Gasteiger partial charge in [-0.3, -0.25) is 4.68 Å². The molecular weight excluding hydrogens is 386 g/mol. The van der Waals surface area contributed by atoms with Crippen molar-refractivity contribution in [2.45, 2.75) is 43.8 Å². The number of nitrogens with zero attached hydrogens (tertiary/aromatic N) is 5. The molecule has 0 aliphatic carbocycles. The molecule has 5 heterocycles. The monoisotopic (exact) mass is 407 g/mol. The zero-order chi connectivity index (χ0) is 19.7. The molecule has 2 aliphatic rings.